The van der Waals surface area contributed by atoms with Crippen molar-refractivity contribution in [2.45, 2.75) is 47.6 Å². The second-order valence-electron chi connectivity index (χ2n) is 5.32. The number of hydrogen-bond acceptors (Lipinski definition) is 3. The van der Waals surface area contributed by atoms with Crippen LogP contribution >= 0.6 is 11.3 Å². The highest BCUT2D eigenvalue weighted by atomic mass is 32.1. The van der Waals surface area contributed by atoms with Gasteiger partial charge in [0.1, 0.15) is 0 Å². The van der Waals surface area contributed by atoms with E-state index in [0.29, 0.717) is 11.3 Å². The maximum atomic E-state index is 4.36. The van der Waals surface area contributed by atoms with Crippen molar-refractivity contribution in [3.05, 3.63) is 16.1 Å². The van der Waals surface area contributed by atoms with Crippen LogP contribution in [-0.4, -0.2) is 11.5 Å². The molecule has 1 N–H and O–H groups in total. The predicted molar refractivity (Wildman–Crippen MR) is 71.8 cm³/mol. The molecule has 2 nitrogen and oxygen atoms in total. The molecule has 1 aromatic heterocycles. The van der Waals surface area contributed by atoms with E-state index in [4.69, 9.17) is 0 Å². The highest BCUT2D eigenvalue weighted by molar-refractivity contribution is 7.11. The maximum absolute atomic E-state index is 4.36. The third-order valence-electron chi connectivity index (χ3n) is 3.35. The Morgan fingerprint density at radius 1 is 1.44 bits per heavy atom. The lowest BCUT2D eigenvalue weighted by Crippen LogP contribution is -2.32. The van der Waals surface area contributed by atoms with Crippen LogP contribution in [0.4, 0.5) is 0 Å². The van der Waals surface area contributed by atoms with E-state index in [1.54, 1.807) is 0 Å². The van der Waals surface area contributed by atoms with Crippen molar-refractivity contribution in [3.63, 3.8) is 0 Å². The molecule has 0 unspecified atom stereocenters. The van der Waals surface area contributed by atoms with Crippen LogP contribution < -0.4 is 5.32 Å². The van der Waals surface area contributed by atoms with Crippen LogP contribution in [0.3, 0.4) is 0 Å². The summed E-state index contributed by atoms with van der Waals surface area (Å²) in [5.41, 5.74) is 0.359. The Morgan fingerprint density at radius 3 is 2.62 bits per heavy atom. The highest BCUT2D eigenvalue weighted by Gasteiger charge is 2.21. The monoisotopic (exact) mass is 240 g/mol. The molecule has 0 aliphatic rings. The summed E-state index contributed by atoms with van der Waals surface area (Å²) < 4.78 is 0. The fraction of sp³-hybridized carbons (Fsp3) is 0.769. The first kappa shape index (κ1) is 13.7. The van der Waals surface area contributed by atoms with E-state index in [0.717, 1.165) is 19.5 Å². The van der Waals surface area contributed by atoms with Gasteiger partial charge in [-0.3, -0.25) is 0 Å². The second kappa shape index (κ2) is 5.78. The minimum absolute atomic E-state index is 0.359. The molecule has 0 aliphatic heterocycles. The first-order valence-electron chi connectivity index (χ1n) is 6.10. The van der Waals surface area contributed by atoms with Gasteiger partial charge in [-0.1, -0.05) is 34.6 Å². The van der Waals surface area contributed by atoms with E-state index in [1.807, 2.05) is 17.5 Å². The Bertz CT molecular complexity index is 315. The van der Waals surface area contributed by atoms with Gasteiger partial charge in [0.2, 0.25) is 0 Å². The van der Waals surface area contributed by atoms with Gasteiger partial charge in [-0.2, -0.15) is 0 Å². The molecule has 0 aliphatic carbocycles. The van der Waals surface area contributed by atoms with Crippen LogP contribution in [0.5, 0.6) is 0 Å². The van der Waals surface area contributed by atoms with E-state index in [9.17, 15) is 0 Å². The minimum Gasteiger partial charge on any atom is -0.311 e. The smallest absolute Gasteiger partial charge is 0.0925 e. The number of aromatic nitrogens is 1. The van der Waals surface area contributed by atoms with Crippen LogP contribution in [0.25, 0.3) is 0 Å². The molecule has 0 radical (unpaired) electrons. The fourth-order valence-electron chi connectivity index (χ4n) is 1.31. The molecule has 0 saturated heterocycles. The second-order valence-corrected chi connectivity index (χ2v) is 6.52. The maximum Gasteiger partial charge on any atom is 0.0925 e. The van der Waals surface area contributed by atoms with Crippen molar-refractivity contribution in [2.24, 2.45) is 11.3 Å². The first-order valence-corrected chi connectivity index (χ1v) is 6.91. The SMILES string of the molecule is CCc1ncc(CNCC(C)(C)C(C)C)s1. The summed E-state index contributed by atoms with van der Waals surface area (Å²) in [6.07, 6.45) is 3.04. The molecule has 1 heterocycles. The summed E-state index contributed by atoms with van der Waals surface area (Å²) in [4.78, 5) is 5.71. The zero-order chi connectivity index (χ0) is 12.2. The average Bonchev–Trinajstić information content (AvgIpc) is 2.65. The molecule has 0 fully saturated rings. The van der Waals surface area contributed by atoms with Gasteiger partial charge in [0.25, 0.3) is 0 Å². The largest absolute Gasteiger partial charge is 0.311 e. The van der Waals surface area contributed by atoms with E-state index in [-0.39, 0.29) is 0 Å². The van der Waals surface area contributed by atoms with Crippen LogP contribution in [0.1, 0.15) is 44.5 Å². The van der Waals surface area contributed by atoms with Crippen molar-refractivity contribution in [1.29, 1.82) is 0 Å². The van der Waals surface area contributed by atoms with Crippen molar-refractivity contribution in [3.8, 4) is 0 Å². The fourth-order valence-corrected chi connectivity index (χ4v) is 2.14. The molecule has 0 bridgehead atoms. The molecule has 0 aromatic carbocycles. The summed E-state index contributed by atoms with van der Waals surface area (Å²) in [6, 6.07) is 0. The molecule has 16 heavy (non-hydrogen) atoms. The van der Waals surface area contributed by atoms with Gasteiger partial charge in [0.15, 0.2) is 0 Å². The molecule has 1 rings (SSSR count). The first-order chi connectivity index (χ1) is 7.45. The lowest BCUT2D eigenvalue weighted by Gasteiger charge is -2.29. The van der Waals surface area contributed by atoms with Crippen LogP contribution in [0.15, 0.2) is 6.20 Å². The lowest BCUT2D eigenvalue weighted by molar-refractivity contribution is 0.238. The van der Waals surface area contributed by atoms with Crippen molar-refractivity contribution < 1.29 is 0 Å². The summed E-state index contributed by atoms with van der Waals surface area (Å²) in [5.74, 6) is 0.702. The topological polar surface area (TPSA) is 24.9 Å². The lowest BCUT2D eigenvalue weighted by atomic mass is 9.81. The molecule has 0 spiro atoms. The van der Waals surface area contributed by atoms with Gasteiger partial charge in [-0.05, 0) is 17.8 Å². The van der Waals surface area contributed by atoms with Gasteiger partial charge in [-0.25, -0.2) is 4.98 Å². The summed E-state index contributed by atoms with van der Waals surface area (Å²) in [7, 11) is 0. The Balaban J connectivity index is 2.35. The zero-order valence-electron chi connectivity index (χ0n) is 11.1. The van der Waals surface area contributed by atoms with Gasteiger partial charge in [0.05, 0.1) is 5.01 Å². The quantitative estimate of drug-likeness (QED) is 0.823. The zero-order valence-corrected chi connectivity index (χ0v) is 11.9. The highest BCUT2D eigenvalue weighted by Crippen LogP contribution is 2.25. The van der Waals surface area contributed by atoms with Gasteiger partial charge < -0.3 is 5.32 Å². The van der Waals surface area contributed by atoms with Gasteiger partial charge in [-0.15, -0.1) is 11.3 Å². The van der Waals surface area contributed by atoms with E-state index in [2.05, 4.69) is 44.9 Å². The van der Waals surface area contributed by atoms with Crippen molar-refractivity contribution in [1.82, 2.24) is 10.3 Å². The molecule has 0 saturated carbocycles. The molecular weight excluding hydrogens is 216 g/mol. The Labute approximate surface area is 103 Å². The third kappa shape index (κ3) is 3.87. The molecule has 0 atom stereocenters. The standard InChI is InChI=1S/C13H24N2S/c1-6-12-15-8-11(16-12)7-14-9-13(4,5)10(2)3/h8,10,14H,6-7,9H2,1-5H3. The van der Waals surface area contributed by atoms with Crippen LogP contribution in [0.2, 0.25) is 0 Å². The molecular formula is C13H24N2S. The number of aryl methyl sites for hydroxylation is 1. The summed E-state index contributed by atoms with van der Waals surface area (Å²) in [5, 5.41) is 4.77. The molecule has 1 aromatic rings. The number of rotatable bonds is 6. The average molecular weight is 240 g/mol. The number of hydrogen-bond donors (Lipinski definition) is 1. The minimum atomic E-state index is 0.359. The number of nitrogens with one attached hydrogen (secondary N) is 1. The van der Waals surface area contributed by atoms with Gasteiger partial charge in [0, 0.05) is 24.2 Å². The van der Waals surface area contributed by atoms with Crippen molar-refractivity contribution >= 4 is 11.3 Å². The summed E-state index contributed by atoms with van der Waals surface area (Å²) >= 11 is 1.82. The third-order valence-corrected chi connectivity index (χ3v) is 4.49. The summed E-state index contributed by atoms with van der Waals surface area (Å²) in [6.45, 7) is 13.4. The van der Waals surface area contributed by atoms with Gasteiger partial charge >= 0.3 is 0 Å². The predicted octanol–water partition coefficient (Wildman–Crippen LogP) is 3.48. The van der Waals surface area contributed by atoms with E-state index >= 15 is 0 Å². The number of thiazole rings is 1. The van der Waals surface area contributed by atoms with E-state index < -0.39 is 0 Å². The van der Waals surface area contributed by atoms with E-state index in [1.165, 1.54) is 9.88 Å². The number of nitrogens with zero attached hydrogens (tertiary/aromatic N) is 1. The Morgan fingerprint density at radius 2 is 2.12 bits per heavy atom. The van der Waals surface area contributed by atoms with Crippen LogP contribution in [-0.2, 0) is 13.0 Å². The molecule has 92 valence electrons. The molecule has 3 heteroatoms. The normalized spacial score (nSPS) is 12.4. The van der Waals surface area contributed by atoms with Crippen molar-refractivity contribution in [2.75, 3.05) is 6.54 Å². The Hall–Kier alpha value is -0.410. The van der Waals surface area contributed by atoms with Crippen LogP contribution in [0, 0.1) is 11.3 Å². The Kier molecular flexibility index (Phi) is 4.93. The molecule has 0 amide bonds.